The molecule has 7 nitrogen and oxygen atoms in total. The van der Waals surface area contributed by atoms with Gasteiger partial charge in [0.15, 0.2) is 5.82 Å². The molecule has 2 aromatic rings. The third-order valence-corrected chi connectivity index (χ3v) is 5.54. The van der Waals surface area contributed by atoms with Crippen LogP contribution in [0.5, 0.6) is 5.75 Å². The number of hydrogen-bond acceptors (Lipinski definition) is 7. The van der Waals surface area contributed by atoms with Crippen LogP contribution in [0.2, 0.25) is 0 Å². The minimum atomic E-state index is -4.55. The van der Waals surface area contributed by atoms with Gasteiger partial charge in [0, 0.05) is 43.2 Å². The van der Waals surface area contributed by atoms with Gasteiger partial charge in [0.05, 0.1) is 5.56 Å². The van der Waals surface area contributed by atoms with Crippen molar-refractivity contribution >= 4 is 12.1 Å². The molecule has 0 bridgehead atoms. The molecule has 168 valence electrons. The highest BCUT2D eigenvalue weighted by Crippen LogP contribution is 2.37. The van der Waals surface area contributed by atoms with Crippen molar-refractivity contribution in [3.05, 3.63) is 34.9 Å². The smallest absolute Gasteiger partial charge is 0.416 e. The number of piperidine rings is 1. The zero-order valence-corrected chi connectivity index (χ0v) is 17.2. The molecular formula is C21H26F3N5O2. The predicted octanol–water partition coefficient (Wildman–Crippen LogP) is 3.10. The summed E-state index contributed by atoms with van der Waals surface area (Å²) < 4.78 is 38.7. The van der Waals surface area contributed by atoms with Crippen LogP contribution in [0.4, 0.5) is 19.0 Å². The Morgan fingerprint density at radius 1 is 1.35 bits per heavy atom. The number of phenols is 1. The van der Waals surface area contributed by atoms with Crippen molar-refractivity contribution in [2.45, 2.75) is 44.9 Å². The van der Waals surface area contributed by atoms with Gasteiger partial charge in [-0.05, 0) is 50.1 Å². The second-order valence-corrected chi connectivity index (χ2v) is 7.67. The van der Waals surface area contributed by atoms with Gasteiger partial charge in [-0.15, -0.1) is 10.2 Å². The summed E-state index contributed by atoms with van der Waals surface area (Å²) in [6.07, 6.45) is -1.23. The summed E-state index contributed by atoms with van der Waals surface area (Å²) in [6, 6.07) is 2.89. The molecule has 4 N–H and O–H groups in total. The molecule has 0 saturated carbocycles. The van der Waals surface area contributed by atoms with Crippen molar-refractivity contribution in [3.63, 3.8) is 0 Å². The molecule has 1 aromatic carbocycles. The first-order valence-electron chi connectivity index (χ1n) is 10.1. The van der Waals surface area contributed by atoms with E-state index in [0.717, 1.165) is 38.3 Å². The van der Waals surface area contributed by atoms with Crippen LogP contribution in [-0.4, -0.2) is 52.2 Å². The summed E-state index contributed by atoms with van der Waals surface area (Å²) in [7, 11) is 0. The molecule has 10 heteroatoms. The number of carbonyl (C=O) groups is 1. The van der Waals surface area contributed by atoms with Gasteiger partial charge in [0.1, 0.15) is 17.7 Å². The van der Waals surface area contributed by atoms with Crippen molar-refractivity contribution in [1.82, 2.24) is 15.1 Å². The molecule has 1 atom stereocenters. The minimum Gasteiger partial charge on any atom is -0.507 e. The van der Waals surface area contributed by atoms with Crippen LogP contribution in [0.25, 0.3) is 11.3 Å². The average molecular weight is 437 g/mol. The molecule has 0 amide bonds. The summed E-state index contributed by atoms with van der Waals surface area (Å²) in [6.45, 7) is 4.32. The fourth-order valence-electron chi connectivity index (χ4n) is 3.89. The van der Waals surface area contributed by atoms with E-state index in [-0.39, 0.29) is 23.8 Å². The molecule has 3 rings (SSSR count). The lowest BCUT2D eigenvalue weighted by Gasteiger charge is -2.33. The zero-order chi connectivity index (χ0) is 22.6. The van der Waals surface area contributed by atoms with Gasteiger partial charge in [0.2, 0.25) is 0 Å². The summed E-state index contributed by atoms with van der Waals surface area (Å²) in [5.74, 6) is 0.00592. The summed E-state index contributed by atoms with van der Waals surface area (Å²) in [4.78, 5) is 12.8. The number of anilines is 1. The standard InChI is InChI=1S/C21H26F3N5O2/c1-13-17(11-25)20(26-15-4-2-7-29(12-15)8-3-9-30)28-27-19(13)16-6-5-14(10-18(16)31)21(22,23)24/h5-6,9-10,15,31H,2-4,7-8,11-12,25H2,1H3,(H,26,28). The normalized spacial score (nSPS) is 17.5. The molecule has 1 aliphatic heterocycles. The number of likely N-dealkylation sites (tertiary alicyclic amines) is 1. The topological polar surface area (TPSA) is 104 Å². The summed E-state index contributed by atoms with van der Waals surface area (Å²) in [5.41, 5.74) is 6.79. The monoisotopic (exact) mass is 437 g/mol. The Balaban J connectivity index is 1.85. The molecule has 1 fully saturated rings. The zero-order valence-electron chi connectivity index (χ0n) is 17.2. The van der Waals surface area contributed by atoms with Crippen LogP contribution in [0.1, 0.15) is 36.0 Å². The van der Waals surface area contributed by atoms with Gasteiger partial charge in [-0.3, -0.25) is 0 Å². The Morgan fingerprint density at radius 3 is 2.77 bits per heavy atom. The van der Waals surface area contributed by atoms with E-state index < -0.39 is 17.5 Å². The number of phenolic OH excluding ortho intramolecular Hbond substituents is 1. The summed E-state index contributed by atoms with van der Waals surface area (Å²) >= 11 is 0. The average Bonchev–Trinajstić information content (AvgIpc) is 2.72. The number of hydrogen-bond donors (Lipinski definition) is 3. The molecule has 0 radical (unpaired) electrons. The number of carbonyl (C=O) groups excluding carboxylic acids is 1. The van der Waals surface area contributed by atoms with E-state index in [2.05, 4.69) is 20.4 Å². The van der Waals surface area contributed by atoms with E-state index in [1.54, 1.807) is 6.92 Å². The Morgan fingerprint density at radius 2 is 2.13 bits per heavy atom. The van der Waals surface area contributed by atoms with Gasteiger partial charge in [-0.25, -0.2) is 0 Å². The van der Waals surface area contributed by atoms with Gasteiger partial charge >= 0.3 is 6.18 Å². The summed E-state index contributed by atoms with van der Waals surface area (Å²) in [5, 5.41) is 22.0. The van der Waals surface area contributed by atoms with Crippen molar-refractivity contribution in [1.29, 1.82) is 0 Å². The Kier molecular flexibility index (Phi) is 7.11. The maximum atomic E-state index is 12.9. The first kappa shape index (κ1) is 23.0. The first-order chi connectivity index (χ1) is 14.7. The lowest BCUT2D eigenvalue weighted by molar-refractivity contribution is -0.137. The predicted molar refractivity (Wildman–Crippen MR) is 111 cm³/mol. The Hall–Kier alpha value is -2.72. The van der Waals surface area contributed by atoms with Crippen molar-refractivity contribution in [3.8, 4) is 17.0 Å². The van der Waals surface area contributed by atoms with Crippen LogP contribution >= 0.6 is 0 Å². The first-order valence-corrected chi connectivity index (χ1v) is 10.1. The van der Waals surface area contributed by atoms with E-state index in [4.69, 9.17) is 5.73 Å². The number of nitrogens with zero attached hydrogens (tertiary/aromatic N) is 3. The number of benzene rings is 1. The van der Waals surface area contributed by atoms with E-state index in [1.807, 2.05) is 0 Å². The molecule has 1 saturated heterocycles. The molecule has 31 heavy (non-hydrogen) atoms. The Bertz CT molecular complexity index is 936. The largest absolute Gasteiger partial charge is 0.507 e. The van der Waals surface area contributed by atoms with Crippen LogP contribution in [0, 0.1) is 6.92 Å². The highest BCUT2D eigenvalue weighted by atomic mass is 19.4. The number of aldehydes is 1. The van der Waals surface area contributed by atoms with Gasteiger partial charge in [-0.1, -0.05) is 0 Å². The fraction of sp³-hybridized carbons (Fsp3) is 0.476. The van der Waals surface area contributed by atoms with Crippen LogP contribution < -0.4 is 11.1 Å². The van der Waals surface area contributed by atoms with E-state index in [0.29, 0.717) is 36.0 Å². The van der Waals surface area contributed by atoms with Crippen molar-refractivity contribution < 1.29 is 23.1 Å². The number of nitrogens with two attached hydrogens (primary N) is 1. The van der Waals surface area contributed by atoms with Crippen LogP contribution in [0.15, 0.2) is 18.2 Å². The minimum absolute atomic E-state index is 0.115. The van der Waals surface area contributed by atoms with Crippen molar-refractivity contribution in [2.24, 2.45) is 5.73 Å². The molecular weight excluding hydrogens is 411 g/mol. The third kappa shape index (κ3) is 5.31. The van der Waals surface area contributed by atoms with Gasteiger partial charge < -0.3 is 25.9 Å². The number of aromatic nitrogens is 2. The number of alkyl halides is 3. The Labute approximate surface area is 178 Å². The van der Waals surface area contributed by atoms with Crippen molar-refractivity contribution in [2.75, 3.05) is 25.0 Å². The number of aromatic hydroxyl groups is 1. The van der Waals surface area contributed by atoms with E-state index in [1.165, 1.54) is 6.07 Å². The molecule has 0 spiro atoms. The lowest BCUT2D eigenvalue weighted by Crippen LogP contribution is -2.42. The number of nitrogens with one attached hydrogen (secondary N) is 1. The fourth-order valence-corrected chi connectivity index (χ4v) is 3.89. The lowest BCUT2D eigenvalue weighted by atomic mass is 10.00. The highest BCUT2D eigenvalue weighted by molar-refractivity contribution is 5.72. The SMILES string of the molecule is Cc1c(-c2ccc(C(F)(F)F)cc2O)nnc(NC2CCCN(CCC=O)C2)c1CN. The second kappa shape index (κ2) is 9.61. The molecule has 1 aliphatic rings. The van der Waals surface area contributed by atoms with Gasteiger partial charge in [-0.2, -0.15) is 13.2 Å². The van der Waals surface area contributed by atoms with Crippen LogP contribution in [0.3, 0.4) is 0 Å². The van der Waals surface area contributed by atoms with E-state index >= 15 is 0 Å². The number of halogens is 3. The molecule has 1 unspecified atom stereocenters. The maximum absolute atomic E-state index is 12.9. The molecule has 0 aliphatic carbocycles. The quantitative estimate of drug-likeness (QED) is 0.572. The third-order valence-electron chi connectivity index (χ3n) is 5.54. The van der Waals surface area contributed by atoms with Crippen LogP contribution in [-0.2, 0) is 17.5 Å². The maximum Gasteiger partial charge on any atom is 0.416 e. The molecule has 1 aromatic heterocycles. The highest BCUT2D eigenvalue weighted by Gasteiger charge is 2.31. The van der Waals surface area contributed by atoms with Gasteiger partial charge in [0.25, 0.3) is 0 Å². The number of rotatable bonds is 7. The molecule has 2 heterocycles. The van der Waals surface area contributed by atoms with E-state index in [9.17, 15) is 23.1 Å². The second-order valence-electron chi connectivity index (χ2n) is 7.67.